The summed E-state index contributed by atoms with van der Waals surface area (Å²) in [5.41, 5.74) is 8.34. The summed E-state index contributed by atoms with van der Waals surface area (Å²) in [5, 5.41) is 15.8. The molecule has 6 heteroatoms. The number of anilines is 2. The first kappa shape index (κ1) is 12.4. The van der Waals surface area contributed by atoms with Crippen LogP contribution in [0.25, 0.3) is 0 Å². The highest BCUT2D eigenvalue weighted by Crippen LogP contribution is 2.24. The lowest BCUT2D eigenvalue weighted by atomic mass is 10.2. The lowest BCUT2D eigenvalue weighted by molar-refractivity contribution is -0.384. The Hall–Kier alpha value is -2.08. The summed E-state index contributed by atoms with van der Waals surface area (Å²) in [6.07, 6.45) is 0. The highest BCUT2D eigenvalue weighted by atomic mass is 32.1. The van der Waals surface area contributed by atoms with Gasteiger partial charge in [0.05, 0.1) is 11.5 Å². The van der Waals surface area contributed by atoms with Crippen molar-refractivity contribution in [3.05, 3.63) is 50.2 Å². The van der Waals surface area contributed by atoms with Gasteiger partial charge in [-0.25, -0.2) is 0 Å². The summed E-state index contributed by atoms with van der Waals surface area (Å²) in [7, 11) is 0. The number of nitrogens with zero attached hydrogens (tertiary/aromatic N) is 1. The van der Waals surface area contributed by atoms with Crippen molar-refractivity contribution >= 4 is 28.4 Å². The first-order valence-electron chi connectivity index (χ1n) is 5.38. The molecule has 3 N–H and O–H groups in total. The molecule has 1 heterocycles. The number of aryl methyl sites for hydroxylation is 1. The van der Waals surface area contributed by atoms with E-state index in [0.717, 1.165) is 21.8 Å². The van der Waals surface area contributed by atoms with E-state index >= 15 is 0 Å². The number of benzene rings is 1. The van der Waals surface area contributed by atoms with Crippen molar-refractivity contribution in [3.63, 3.8) is 0 Å². The number of nitrogens with one attached hydrogen (secondary N) is 1. The Morgan fingerprint density at radius 1 is 1.44 bits per heavy atom. The number of thiophene rings is 1. The monoisotopic (exact) mass is 263 g/mol. The molecule has 0 radical (unpaired) electrons. The zero-order valence-corrected chi connectivity index (χ0v) is 10.7. The average Bonchev–Trinajstić information content (AvgIpc) is 2.73. The van der Waals surface area contributed by atoms with Crippen LogP contribution in [0.15, 0.2) is 29.6 Å². The van der Waals surface area contributed by atoms with Crippen LogP contribution in [0.5, 0.6) is 0 Å². The van der Waals surface area contributed by atoms with Gasteiger partial charge in [0.1, 0.15) is 0 Å². The van der Waals surface area contributed by atoms with Gasteiger partial charge in [0, 0.05) is 28.4 Å². The van der Waals surface area contributed by atoms with E-state index in [1.807, 2.05) is 18.4 Å². The second kappa shape index (κ2) is 5.05. The van der Waals surface area contributed by atoms with E-state index in [0.29, 0.717) is 6.54 Å². The van der Waals surface area contributed by atoms with Crippen molar-refractivity contribution in [1.82, 2.24) is 0 Å². The Balaban J connectivity index is 2.16. The molecule has 0 atom stereocenters. The average molecular weight is 263 g/mol. The number of nitro groups is 1. The van der Waals surface area contributed by atoms with Crippen LogP contribution in [-0.2, 0) is 6.54 Å². The number of nitrogens with two attached hydrogens (primary N) is 1. The first-order valence-corrected chi connectivity index (χ1v) is 6.26. The molecule has 0 unspecified atom stereocenters. The number of hydrogen-bond donors (Lipinski definition) is 2. The fourth-order valence-corrected chi connectivity index (χ4v) is 2.32. The molecule has 0 aliphatic carbocycles. The summed E-state index contributed by atoms with van der Waals surface area (Å²) < 4.78 is 0. The molecule has 0 fully saturated rings. The summed E-state index contributed by atoms with van der Waals surface area (Å²) in [4.78, 5) is 11.3. The van der Waals surface area contributed by atoms with Crippen molar-refractivity contribution in [2.75, 3.05) is 11.1 Å². The van der Waals surface area contributed by atoms with Gasteiger partial charge in [-0.1, -0.05) is 6.07 Å². The molecular weight excluding hydrogens is 250 g/mol. The lowest BCUT2D eigenvalue weighted by Gasteiger charge is -2.08. The van der Waals surface area contributed by atoms with Gasteiger partial charge < -0.3 is 11.1 Å². The second-order valence-corrected chi connectivity index (χ2v) is 4.91. The van der Waals surface area contributed by atoms with Crippen LogP contribution in [0.4, 0.5) is 17.1 Å². The molecule has 0 saturated heterocycles. The Labute approximate surface area is 108 Å². The van der Waals surface area contributed by atoms with Crippen LogP contribution in [0.2, 0.25) is 0 Å². The number of rotatable bonds is 4. The Morgan fingerprint density at radius 2 is 2.22 bits per heavy atom. The maximum atomic E-state index is 10.7. The summed E-state index contributed by atoms with van der Waals surface area (Å²) in [6, 6.07) is 6.62. The summed E-state index contributed by atoms with van der Waals surface area (Å²) in [6.45, 7) is 2.48. The maximum Gasteiger partial charge on any atom is 0.271 e. The van der Waals surface area contributed by atoms with E-state index < -0.39 is 4.92 Å². The smallest absolute Gasteiger partial charge is 0.271 e. The topological polar surface area (TPSA) is 81.2 Å². The Kier molecular flexibility index (Phi) is 3.47. The van der Waals surface area contributed by atoms with E-state index in [2.05, 4.69) is 5.32 Å². The van der Waals surface area contributed by atoms with E-state index in [-0.39, 0.29) is 5.69 Å². The molecule has 0 bridgehead atoms. The van der Waals surface area contributed by atoms with Gasteiger partial charge >= 0.3 is 0 Å². The Morgan fingerprint density at radius 3 is 2.83 bits per heavy atom. The van der Waals surface area contributed by atoms with Crippen molar-refractivity contribution in [2.24, 2.45) is 0 Å². The number of non-ortho nitro benzene ring substituents is 1. The molecule has 5 nitrogen and oxygen atoms in total. The van der Waals surface area contributed by atoms with Crippen molar-refractivity contribution < 1.29 is 4.92 Å². The molecule has 0 spiro atoms. The standard InChI is InChI=1S/C12H13N3O2S/c1-8-2-3-9(15(16)17)6-11(8)14-7-12-10(13)4-5-18-12/h2-6,14H,7,13H2,1H3. The summed E-state index contributed by atoms with van der Waals surface area (Å²) >= 11 is 1.56. The predicted molar refractivity (Wildman–Crippen MR) is 73.9 cm³/mol. The van der Waals surface area contributed by atoms with Gasteiger partial charge in [0.25, 0.3) is 5.69 Å². The first-order chi connectivity index (χ1) is 8.58. The van der Waals surface area contributed by atoms with Gasteiger partial charge in [-0.05, 0) is 23.9 Å². The third-order valence-electron chi connectivity index (χ3n) is 2.65. The van der Waals surface area contributed by atoms with E-state index in [1.165, 1.54) is 6.07 Å². The van der Waals surface area contributed by atoms with Gasteiger partial charge in [0.2, 0.25) is 0 Å². The number of nitrogen functional groups attached to an aromatic ring is 1. The minimum atomic E-state index is -0.399. The maximum absolute atomic E-state index is 10.7. The summed E-state index contributed by atoms with van der Waals surface area (Å²) in [5.74, 6) is 0. The highest BCUT2D eigenvalue weighted by molar-refractivity contribution is 7.10. The molecule has 18 heavy (non-hydrogen) atoms. The fraction of sp³-hybridized carbons (Fsp3) is 0.167. The molecule has 0 aliphatic heterocycles. The fourth-order valence-electron chi connectivity index (χ4n) is 1.58. The van der Waals surface area contributed by atoms with Crippen LogP contribution in [0.1, 0.15) is 10.4 Å². The molecule has 2 rings (SSSR count). The third-order valence-corrected chi connectivity index (χ3v) is 3.59. The highest BCUT2D eigenvalue weighted by Gasteiger charge is 2.09. The predicted octanol–water partition coefficient (Wildman–Crippen LogP) is 3.16. The second-order valence-electron chi connectivity index (χ2n) is 3.91. The van der Waals surface area contributed by atoms with Gasteiger partial charge in [-0.3, -0.25) is 10.1 Å². The molecule has 2 aromatic rings. The number of nitro benzene ring substituents is 1. The molecular formula is C12H13N3O2S. The van der Waals surface area contributed by atoms with Crippen LogP contribution >= 0.6 is 11.3 Å². The van der Waals surface area contributed by atoms with Gasteiger partial charge in [-0.2, -0.15) is 0 Å². The van der Waals surface area contributed by atoms with Crippen LogP contribution < -0.4 is 11.1 Å². The SMILES string of the molecule is Cc1ccc([N+](=O)[O-])cc1NCc1sccc1N. The van der Waals surface area contributed by atoms with Crippen LogP contribution in [-0.4, -0.2) is 4.92 Å². The zero-order chi connectivity index (χ0) is 13.1. The third kappa shape index (κ3) is 2.60. The molecule has 1 aromatic carbocycles. The van der Waals surface area contributed by atoms with Crippen molar-refractivity contribution in [1.29, 1.82) is 0 Å². The zero-order valence-electron chi connectivity index (χ0n) is 9.84. The van der Waals surface area contributed by atoms with Gasteiger partial charge in [0.15, 0.2) is 0 Å². The largest absolute Gasteiger partial charge is 0.398 e. The molecule has 0 saturated carbocycles. The Bertz CT molecular complexity index is 580. The quantitative estimate of drug-likeness (QED) is 0.655. The lowest BCUT2D eigenvalue weighted by Crippen LogP contribution is -2.02. The van der Waals surface area contributed by atoms with Crippen molar-refractivity contribution in [2.45, 2.75) is 13.5 Å². The number of hydrogen-bond acceptors (Lipinski definition) is 5. The molecule has 94 valence electrons. The van der Waals surface area contributed by atoms with Crippen LogP contribution in [0.3, 0.4) is 0 Å². The van der Waals surface area contributed by atoms with E-state index in [4.69, 9.17) is 5.73 Å². The molecule has 1 aromatic heterocycles. The molecule has 0 aliphatic rings. The normalized spacial score (nSPS) is 10.3. The minimum Gasteiger partial charge on any atom is -0.398 e. The van der Waals surface area contributed by atoms with E-state index in [1.54, 1.807) is 23.5 Å². The van der Waals surface area contributed by atoms with Gasteiger partial charge in [-0.15, -0.1) is 11.3 Å². The van der Waals surface area contributed by atoms with E-state index in [9.17, 15) is 10.1 Å². The molecule has 0 amide bonds. The van der Waals surface area contributed by atoms with Crippen molar-refractivity contribution in [3.8, 4) is 0 Å². The minimum absolute atomic E-state index is 0.0854. The van der Waals surface area contributed by atoms with Crippen LogP contribution in [0, 0.1) is 17.0 Å².